The van der Waals surface area contributed by atoms with Gasteiger partial charge >= 0.3 is 13.6 Å². The number of alkyl halides is 3. The van der Waals surface area contributed by atoms with Crippen molar-refractivity contribution in [3.05, 3.63) is 0 Å². The predicted molar refractivity (Wildman–Crippen MR) is 71.3 cm³/mol. The largest absolute Gasteiger partial charge is 0.445 e. The van der Waals surface area contributed by atoms with Gasteiger partial charge in [0.25, 0.3) is 0 Å². The number of halogens is 3. The van der Waals surface area contributed by atoms with Gasteiger partial charge in [-0.1, -0.05) is 48.1 Å². The minimum absolute atomic E-state index is 0.140. The van der Waals surface area contributed by atoms with E-state index in [4.69, 9.17) is 39.5 Å². The van der Waals surface area contributed by atoms with Gasteiger partial charge in [0.15, 0.2) is 0 Å². The van der Waals surface area contributed by atoms with E-state index >= 15 is 0 Å². The minimum atomic E-state index is -3.84. The topological polar surface area (TPSA) is 61.8 Å². The smallest absolute Gasteiger partial charge is 0.374 e. The van der Waals surface area contributed by atoms with E-state index in [9.17, 15) is 9.36 Å². The van der Waals surface area contributed by atoms with Crippen LogP contribution in [0.2, 0.25) is 0 Å². The normalized spacial score (nSPS) is 14.3. The van der Waals surface area contributed by atoms with Gasteiger partial charge in [0.05, 0.1) is 0 Å². The van der Waals surface area contributed by atoms with Gasteiger partial charge in [-0.25, -0.2) is 0 Å². The molecule has 0 amide bonds. The Morgan fingerprint density at radius 2 is 1.78 bits per heavy atom. The first-order chi connectivity index (χ1) is 8.21. The summed E-state index contributed by atoms with van der Waals surface area (Å²) < 4.78 is 24.3. The average Bonchev–Trinajstić information content (AvgIpc) is 2.31. The summed E-state index contributed by atoms with van der Waals surface area (Å²) in [6.07, 6.45) is 1.57. The van der Waals surface area contributed by atoms with Crippen molar-refractivity contribution in [2.75, 3.05) is 14.2 Å². The van der Waals surface area contributed by atoms with Gasteiger partial charge in [0.2, 0.25) is 9.64 Å². The van der Waals surface area contributed by atoms with Crippen molar-refractivity contribution in [3.63, 3.8) is 0 Å². The van der Waals surface area contributed by atoms with Crippen LogP contribution in [-0.4, -0.2) is 29.8 Å². The van der Waals surface area contributed by atoms with Gasteiger partial charge in [-0.15, -0.1) is 0 Å². The molecule has 1 unspecified atom stereocenters. The summed E-state index contributed by atoms with van der Waals surface area (Å²) in [6.45, 7) is 1.91. The number of carbonyl (C=O) groups is 1. The summed E-state index contributed by atoms with van der Waals surface area (Å²) in [7, 11) is -1.60. The van der Waals surface area contributed by atoms with Crippen LogP contribution in [0.4, 0.5) is 0 Å². The number of esters is 1. The highest BCUT2D eigenvalue weighted by molar-refractivity contribution is 7.55. The van der Waals surface area contributed by atoms with E-state index in [0.717, 1.165) is 20.6 Å². The number of hydrogen-bond acceptors (Lipinski definition) is 5. The maximum Gasteiger partial charge on any atom is 0.374 e. The molecule has 108 valence electrons. The second kappa shape index (κ2) is 7.93. The predicted octanol–water partition coefficient (Wildman–Crippen LogP) is 3.90. The maximum atomic E-state index is 12.1. The van der Waals surface area contributed by atoms with Crippen molar-refractivity contribution < 1.29 is 23.1 Å². The van der Waals surface area contributed by atoms with Gasteiger partial charge in [-0.2, -0.15) is 0 Å². The standard InChI is InChI=1S/C9H16Cl3O5P/c1-4-5-6-7(13)17-8(9(10,11)12)18(14,15-2)16-3/h8H,4-6H2,1-3H3. The monoisotopic (exact) mass is 340 g/mol. The van der Waals surface area contributed by atoms with E-state index in [-0.39, 0.29) is 6.42 Å². The van der Waals surface area contributed by atoms with Crippen molar-refractivity contribution in [3.8, 4) is 0 Å². The molecule has 0 bridgehead atoms. The van der Waals surface area contributed by atoms with Crippen molar-refractivity contribution in [2.24, 2.45) is 0 Å². The van der Waals surface area contributed by atoms with E-state index in [1.165, 1.54) is 0 Å². The maximum absolute atomic E-state index is 12.1. The zero-order valence-electron chi connectivity index (χ0n) is 10.3. The molecule has 0 aliphatic heterocycles. The van der Waals surface area contributed by atoms with Crippen molar-refractivity contribution in [2.45, 2.75) is 35.8 Å². The van der Waals surface area contributed by atoms with Crippen molar-refractivity contribution in [1.82, 2.24) is 0 Å². The zero-order valence-corrected chi connectivity index (χ0v) is 13.5. The van der Waals surface area contributed by atoms with E-state index in [1.54, 1.807) is 0 Å². The Kier molecular flexibility index (Phi) is 8.15. The Morgan fingerprint density at radius 3 is 2.11 bits per heavy atom. The third kappa shape index (κ3) is 5.64. The summed E-state index contributed by atoms with van der Waals surface area (Å²) in [6, 6.07) is 0. The molecule has 0 aliphatic carbocycles. The number of ether oxygens (including phenoxy) is 1. The molecule has 0 aromatic heterocycles. The van der Waals surface area contributed by atoms with Gasteiger partial charge in [0.1, 0.15) is 0 Å². The molecule has 0 fully saturated rings. The highest BCUT2D eigenvalue weighted by Gasteiger charge is 2.51. The zero-order chi connectivity index (χ0) is 14.4. The lowest BCUT2D eigenvalue weighted by Crippen LogP contribution is -2.32. The summed E-state index contributed by atoms with van der Waals surface area (Å²) in [4.78, 5) is 11.5. The van der Waals surface area contributed by atoms with Crippen LogP contribution in [0.25, 0.3) is 0 Å². The van der Waals surface area contributed by atoms with Crippen LogP contribution >= 0.6 is 42.4 Å². The van der Waals surface area contributed by atoms with Crippen LogP contribution in [0.5, 0.6) is 0 Å². The highest BCUT2D eigenvalue weighted by atomic mass is 35.6. The summed E-state index contributed by atoms with van der Waals surface area (Å²) in [5.74, 6) is -2.23. The third-order valence-electron chi connectivity index (χ3n) is 2.05. The molecule has 0 N–H and O–H groups in total. The Hall–Kier alpha value is 0.490. The van der Waals surface area contributed by atoms with Crippen LogP contribution in [0.3, 0.4) is 0 Å². The molecular weight excluding hydrogens is 325 g/mol. The molecule has 18 heavy (non-hydrogen) atoms. The lowest BCUT2D eigenvalue weighted by molar-refractivity contribution is -0.146. The van der Waals surface area contributed by atoms with Crippen LogP contribution in [0.15, 0.2) is 0 Å². The van der Waals surface area contributed by atoms with Crippen LogP contribution in [-0.2, 0) is 23.1 Å². The Bertz CT molecular complexity index is 310. The second-order valence-electron chi connectivity index (χ2n) is 3.39. The fourth-order valence-electron chi connectivity index (χ4n) is 1.08. The average molecular weight is 342 g/mol. The van der Waals surface area contributed by atoms with Crippen LogP contribution in [0.1, 0.15) is 26.2 Å². The van der Waals surface area contributed by atoms with Crippen LogP contribution in [0, 0.1) is 0 Å². The summed E-state index contributed by atoms with van der Waals surface area (Å²) in [5, 5.41) is 0. The number of carbonyl (C=O) groups excluding carboxylic acids is 1. The quantitative estimate of drug-likeness (QED) is 0.399. The first-order valence-corrected chi connectivity index (χ1v) is 7.93. The number of hydrogen-bond donors (Lipinski definition) is 0. The highest BCUT2D eigenvalue weighted by Crippen LogP contribution is 2.59. The van der Waals surface area contributed by atoms with Gasteiger partial charge in [-0.3, -0.25) is 9.36 Å². The summed E-state index contributed by atoms with van der Waals surface area (Å²) in [5.41, 5.74) is 0. The fourth-order valence-corrected chi connectivity index (χ4v) is 3.43. The second-order valence-corrected chi connectivity index (χ2v) is 8.04. The van der Waals surface area contributed by atoms with Gasteiger partial charge < -0.3 is 13.8 Å². The SMILES string of the molecule is CCCCC(=O)OC(C(Cl)(Cl)Cl)P(=O)(OC)OC. The molecule has 5 nitrogen and oxygen atoms in total. The molecule has 0 aromatic carbocycles. The molecule has 0 saturated carbocycles. The van der Waals surface area contributed by atoms with E-state index < -0.39 is 23.2 Å². The molecule has 0 saturated heterocycles. The summed E-state index contributed by atoms with van der Waals surface area (Å²) >= 11 is 16.9. The molecule has 0 rings (SSSR count). The Labute approximate surface area is 122 Å². The third-order valence-corrected chi connectivity index (χ3v) is 5.19. The fraction of sp³-hybridized carbons (Fsp3) is 0.889. The number of rotatable bonds is 7. The minimum Gasteiger partial charge on any atom is -0.445 e. The molecule has 0 aliphatic rings. The van der Waals surface area contributed by atoms with E-state index in [0.29, 0.717) is 6.42 Å². The molecule has 1 atom stereocenters. The van der Waals surface area contributed by atoms with Crippen molar-refractivity contribution >= 4 is 48.4 Å². The number of unbranched alkanes of at least 4 members (excludes halogenated alkanes) is 1. The molecular formula is C9H16Cl3O5P. The Balaban J connectivity index is 4.93. The van der Waals surface area contributed by atoms with E-state index in [1.807, 2.05) is 6.92 Å². The Morgan fingerprint density at radius 1 is 1.28 bits per heavy atom. The molecule has 0 radical (unpaired) electrons. The molecule has 9 heteroatoms. The van der Waals surface area contributed by atoms with Crippen molar-refractivity contribution in [1.29, 1.82) is 0 Å². The van der Waals surface area contributed by atoms with Crippen LogP contribution < -0.4 is 0 Å². The first-order valence-electron chi connectivity index (χ1n) is 5.18. The molecule has 0 aromatic rings. The first kappa shape index (κ1) is 18.5. The van der Waals surface area contributed by atoms with Gasteiger partial charge in [0, 0.05) is 20.6 Å². The van der Waals surface area contributed by atoms with Gasteiger partial charge in [-0.05, 0) is 6.42 Å². The lowest BCUT2D eigenvalue weighted by atomic mass is 10.2. The molecule has 0 spiro atoms. The lowest BCUT2D eigenvalue weighted by Gasteiger charge is -2.28. The molecule has 0 heterocycles. The van der Waals surface area contributed by atoms with E-state index in [2.05, 4.69) is 9.05 Å².